The van der Waals surface area contributed by atoms with E-state index >= 15 is 0 Å². The van der Waals surface area contributed by atoms with Crippen molar-refractivity contribution >= 4 is 160 Å². The molecular formula is C92H67BBr2ClN5O15. The molecule has 0 aliphatic heterocycles. The van der Waals surface area contributed by atoms with Crippen LogP contribution in [0.4, 0.5) is 28.4 Å². The highest BCUT2D eigenvalue weighted by molar-refractivity contribution is 9.11. The molecule has 0 radical (unpaired) electrons. The first kappa shape index (κ1) is 82.6. The molecule has 0 aliphatic rings. The highest BCUT2D eigenvalue weighted by Gasteiger charge is 2.24. The van der Waals surface area contributed by atoms with E-state index < -0.39 is 32.8 Å². The Morgan fingerprint density at radius 3 is 1.15 bits per heavy atom. The molecule has 574 valence electrons. The number of nitrogen functional groups attached to an aromatic ring is 1. The number of nitrogens with one attached hydrogen (secondary N) is 1. The van der Waals surface area contributed by atoms with E-state index in [9.17, 15) is 55.3 Å². The van der Waals surface area contributed by atoms with Crippen LogP contribution in [0, 0.1) is 30.3 Å². The zero-order valence-corrected chi connectivity index (χ0v) is 64.9. The molecule has 1 amide bonds. The lowest BCUT2D eigenvalue weighted by Crippen LogP contribution is -2.31. The van der Waals surface area contributed by atoms with Crippen molar-refractivity contribution in [3.8, 4) is 62.1 Å². The summed E-state index contributed by atoms with van der Waals surface area (Å²) in [5.41, 5.74) is 12.5. The third-order valence-corrected chi connectivity index (χ3v) is 19.6. The van der Waals surface area contributed by atoms with Gasteiger partial charge in [0.2, 0.25) is 0 Å². The predicted molar refractivity (Wildman–Crippen MR) is 469 cm³/mol. The summed E-state index contributed by atoms with van der Waals surface area (Å²) in [7, 11) is -1.92. The number of amides is 1. The van der Waals surface area contributed by atoms with E-state index in [4.69, 9.17) is 37.6 Å². The minimum atomic E-state index is -1.92. The number of benzene rings is 17. The number of hydrogen-bond acceptors (Lipinski definition) is 16. The van der Waals surface area contributed by atoms with Crippen LogP contribution in [0.5, 0.6) is 28.7 Å². The Balaban J connectivity index is 0.000000138. The zero-order valence-electron chi connectivity index (χ0n) is 60.9. The number of carbonyl (C=O) groups excluding carboxylic acids is 2. The Hall–Kier alpha value is -14.3. The fraction of sp³-hybridized carbons (Fsp3) is 0. The SMILES string of the molecule is Brc1cccc2ccccc12.Nc1cc(O)ccc1-c1cccc2ccccc12.O=C(Cl)c1ccc2ccccc2c1.O=C(Nc1cc(O)ccc1-c1cccc2ccccc12)c1ccc2ccccc2c1.O=[N+]([O-])c1cc(O)ccc1-c1cccc2ccccc12.O=[N+]([O-])c1cc(O)ccc1B(O)O.O=[N+]([O-])c1cc(O)ccc1Br. The van der Waals surface area contributed by atoms with Crippen molar-refractivity contribution in [3.05, 3.63) is 396 Å². The average Bonchev–Trinajstić information content (AvgIpc) is 0.788. The van der Waals surface area contributed by atoms with E-state index in [0.29, 0.717) is 32.5 Å². The summed E-state index contributed by atoms with van der Waals surface area (Å²) in [5.74, 6) is -0.436. The topological polar surface area (TPSA) is 343 Å². The second-order valence-corrected chi connectivity index (χ2v) is 27.7. The van der Waals surface area contributed by atoms with Gasteiger partial charge in [0.15, 0.2) is 0 Å². The molecule has 20 nitrogen and oxygen atoms in total. The van der Waals surface area contributed by atoms with Gasteiger partial charge in [-0.05, 0) is 194 Å². The number of nitro groups is 3. The number of nitrogens with two attached hydrogens (primary N) is 1. The van der Waals surface area contributed by atoms with Crippen molar-refractivity contribution in [1.29, 1.82) is 0 Å². The predicted octanol–water partition coefficient (Wildman–Crippen LogP) is 22.4. The summed E-state index contributed by atoms with van der Waals surface area (Å²) < 4.78 is 1.52. The molecule has 116 heavy (non-hydrogen) atoms. The first-order valence-corrected chi connectivity index (χ1v) is 37.3. The summed E-state index contributed by atoms with van der Waals surface area (Å²) in [6, 6.07) is 105. The van der Waals surface area contributed by atoms with Crippen LogP contribution in [0.1, 0.15) is 20.7 Å². The fourth-order valence-corrected chi connectivity index (χ4v) is 13.5. The van der Waals surface area contributed by atoms with Crippen LogP contribution in [0.3, 0.4) is 0 Å². The van der Waals surface area contributed by atoms with Crippen LogP contribution in [0.2, 0.25) is 0 Å². The van der Waals surface area contributed by atoms with Crippen LogP contribution >= 0.6 is 43.5 Å². The number of aromatic hydroxyl groups is 5. The maximum absolute atomic E-state index is 13.0. The maximum atomic E-state index is 13.0. The lowest BCUT2D eigenvalue weighted by Gasteiger charge is -2.14. The molecule has 0 saturated heterocycles. The van der Waals surface area contributed by atoms with Gasteiger partial charge in [0.05, 0.1) is 54.2 Å². The zero-order chi connectivity index (χ0) is 82.5. The van der Waals surface area contributed by atoms with Crippen molar-refractivity contribution in [2.75, 3.05) is 11.1 Å². The molecule has 0 spiro atoms. The smallest absolute Gasteiger partial charge is 0.495 e. The molecule has 0 fully saturated rings. The van der Waals surface area contributed by atoms with Gasteiger partial charge in [-0.3, -0.25) is 39.9 Å². The largest absolute Gasteiger partial charge is 0.508 e. The summed E-state index contributed by atoms with van der Waals surface area (Å²) >= 11 is 11.8. The second kappa shape index (κ2) is 38.7. The molecule has 0 aliphatic carbocycles. The number of phenolic OH excluding ortho intramolecular Hbond substituents is 5. The Kier molecular flexibility index (Phi) is 27.6. The molecule has 17 rings (SSSR count). The molecule has 24 heteroatoms. The van der Waals surface area contributed by atoms with E-state index in [1.165, 1.54) is 40.4 Å². The van der Waals surface area contributed by atoms with E-state index in [1.807, 2.05) is 188 Å². The lowest BCUT2D eigenvalue weighted by molar-refractivity contribution is -0.385. The third kappa shape index (κ3) is 21.1. The van der Waals surface area contributed by atoms with Crippen LogP contribution in [0.25, 0.3) is 98.0 Å². The van der Waals surface area contributed by atoms with Gasteiger partial charge in [0.1, 0.15) is 28.7 Å². The van der Waals surface area contributed by atoms with Crippen LogP contribution in [0.15, 0.2) is 355 Å². The van der Waals surface area contributed by atoms with Crippen LogP contribution < -0.4 is 16.5 Å². The Morgan fingerprint density at radius 1 is 0.328 bits per heavy atom. The minimum absolute atomic E-state index is 0.0960. The van der Waals surface area contributed by atoms with Crippen molar-refractivity contribution in [3.63, 3.8) is 0 Å². The number of fused-ring (bicyclic) bond motifs is 6. The molecular weight excluding hydrogens is 1620 g/mol. The van der Waals surface area contributed by atoms with Gasteiger partial charge in [0, 0.05) is 44.5 Å². The van der Waals surface area contributed by atoms with Gasteiger partial charge in [0.25, 0.3) is 28.2 Å². The molecule has 0 atom stereocenters. The van der Waals surface area contributed by atoms with Gasteiger partial charge >= 0.3 is 7.12 Å². The average molecular weight is 1690 g/mol. The number of anilines is 2. The van der Waals surface area contributed by atoms with E-state index in [2.05, 4.69) is 104 Å². The van der Waals surface area contributed by atoms with Gasteiger partial charge in [-0.25, -0.2) is 0 Å². The lowest BCUT2D eigenvalue weighted by atomic mass is 9.79. The first-order valence-electron chi connectivity index (χ1n) is 35.3. The Bertz CT molecular complexity index is 6500. The number of carbonyl (C=O) groups is 2. The van der Waals surface area contributed by atoms with Crippen LogP contribution in [-0.2, 0) is 0 Å². The van der Waals surface area contributed by atoms with E-state index in [0.717, 1.165) is 105 Å². The van der Waals surface area contributed by atoms with E-state index in [1.54, 1.807) is 42.5 Å². The number of halogens is 3. The van der Waals surface area contributed by atoms with Crippen molar-refractivity contribution < 1.29 is 59.9 Å². The Morgan fingerprint density at radius 2 is 0.681 bits per heavy atom. The molecule has 17 aromatic carbocycles. The van der Waals surface area contributed by atoms with Gasteiger partial charge in [-0.15, -0.1) is 0 Å². The first-order chi connectivity index (χ1) is 55.9. The number of rotatable bonds is 10. The molecule has 0 aromatic heterocycles. The summed E-state index contributed by atoms with van der Waals surface area (Å²) in [4.78, 5) is 53.8. The van der Waals surface area contributed by atoms with Crippen LogP contribution in [-0.4, -0.2) is 68.6 Å². The minimum Gasteiger partial charge on any atom is -0.508 e. The highest BCUT2D eigenvalue weighted by atomic mass is 79.9. The monoisotopic (exact) mass is 1690 g/mol. The number of nitrogens with zero attached hydrogens (tertiary/aromatic N) is 3. The molecule has 0 heterocycles. The van der Waals surface area contributed by atoms with Crippen molar-refractivity contribution in [2.45, 2.75) is 0 Å². The number of hydrogen-bond donors (Lipinski definition) is 9. The Labute approximate surface area is 685 Å². The molecule has 0 saturated carbocycles. The molecule has 0 unspecified atom stereocenters. The van der Waals surface area contributed by atoms with Gasteiger partial charge < -0.3 is 46.6 Å². The van der Waals surface area contributed by atoms with E-state index in [-0.39, 0.29) is 51.5 Å². The second-order valence-electron chi connectivity index (χ2n) is 25.6. The quantitative estimate of drug-likeness (QED) is 0.0202. The molecule has 0 bridgehead atoms. The fourth-order valence-electron chi connectivity index (χ4n) is 12.5. The van der Waals surface area contributed by atoms with Gasteiger partial charge in [-0.1, -0.05) is 246 Å². The molecule has 17 aromatic rings. The molecule has 10 N–H and O–H groups in total. The number of nitro benzene ring substituents is 3. The summed E-state index contributed by atoms with van der Waals surface area (Å²) in [6.07, 6.45) is 0. The number of phenols is 5. The standard InChI is InChI=1S/C27H19NO2.C16H11NO3.C16H13NO.C11H7ClO.C10H7Br.C6H6BNO5.C6H4BrNO3/c29-22-14-15-25(24-11-5-9-19-7-3-4-10-23(19)24)26(17-22)28-27(30)21-13-12-18-6-1-2-8-20(18)16-21;18-12-8-9-15(16(10-12)17(19)20)14-7-3-5-11-4-1-2-6-13(11)14;17-16-10-12(18)8-9-15(16)14-7-3-5-11-4-1-2-6-13(11)14;12-11(13)10-6-5-8-3-1-2-4-9(8)7-10;11-10-7-3-5-8-4-1-2-6-9(8)10;9-4-1-2-5(7(10)11)6(3-4)8(12)13;7-5-2-1-4(9)3-6(5)8(10)11/h1-17,29H,(H,28,30);1-10,18H;1-10,18H,17H2;1-7H;1-7H;1-3,9-11H;1-3,9H. The third-order valence-electron chi connectivity index (χ3n) is 18.0. The van der Waals surface area contributed by atoms with Crippen molar-refractivity contribution in [2.24, 2.45) is 0 Å². The maximum Gasteiger partial charge on any atom is 0.495 e. The van der Waals surface area contributed by atoms with Crippen molar-refractivity contribution in [1.82, 2.24) is 0 Å². The highest BCUT2D eigenvalue weighted by Crippen LogP contribution is 2.40. The summed E-state index contributed by atoms with van der Waals surface area (Å²) in [5, 5.41) is 112. The summed E-state index contributed by atoms with van der Waals surface area (Å²) in [6.45, 7) is 0. The normalized spacial score (nSPS) is 10.4. The van der Waals surface area contributed by atoms with Gasteiger partial charge in [-0.2, -0.15) is 0 Å².